The summed E-state index contributed by atoms with van der Waals surface area (Å²) in [5.74, 6) is 4.80. The van der Waals surface area contributed by atoms with Crippen molar-refractivity contribution >= 4 is 0 Å². The number of allylic oxidation sites excluding steroid dienone is 1. The molecule has 4 aliphatic carbocycles. The van der Waals surface area contributed by atoms with Gasteiger partial charge in [0.15, 0.2) is 0 Å². The van der Waals surface area contributed by atoms with Gasteiger partial charge in [-0.25, -0.2) is 0 Å². The van der Waals surface area contributed by atoms with Gasteiger partial charge in [-0.15, -0.1) is 0 Å². The number of fused-ring (bicyclic) bond motifs is 4. The topological polar surface area (TPSA) is 15.7 Å². The highest BCUT2D eigenvalue weighted by atomic mass is 16.5. The van der Waals surface area contributed by atoms with Gasteiger partial charge in [-0.2, -0.15) is 0 Å². The fraction of sp³-hybridized carbons (Fsp3) is 0.750. The van der Waals surface area contributed by atoms with E-state index in [1.807, 2.05) is 5.57 Å². The molecule has 8 atom stereocenters. The van der Waals surface area contributed by atoms with Crippen LogP contribution < -0.4 is 4.74 Å². The Morgan fingerprint density at radius 3 is 2.60 bits per heavy atom. The quantitative estimate of drug-likeness (QED) is 0.447. The Labute approximate surface area is 214 Å². The standard InChI is InChI=1S/C32H48N2O/c1-22-6-9-26(10-7-22)35-19-18-33(4)25-14-16-31(3)24(20-25)8-11-27-29(31)15-17-32-21-34(5)23(2)28(32)12-13-30(27)32/h6-10,23,25,27-30H,11-21H2,1-5H3/t23-,25-,27+,28+,29-,30-,31-,32-/m0/s1. The Balaban J connectivity index is 1.11. The Morgan fingerprint density at radius 1 is 1.03 bits per heavy atom. The Bertz CT molecular complexity index is 955. The molecule has 4 fully saturated rings. The van der Waals surface area contributed by atoms with Gasteiger partial charge < -0.3 is 9.64 Å². The summed E-state index contributed by atoms with van der Waals surface area (Å²) in [6, 6.07) is 9.92. The van der Waals surface area contributed by atoms with Crippen molar-refractivity contribution in [1.29, 1.82) is 0 Å². The number of aryl methyl sites for hydroxylation is 1. The molecule has 35 heavy (non-hydrogen) atoms. The van der Waals surface area contributed by atoms with E-state index in [0.29, 0.717) is 16.9 Å². The molecule has 192 valence electrons. The third kappa shape index (κ3) is 3.82. The molecule has 0 unspecified atom stereocenters. The number of rotatable bonds is 5. The number of hydrogen-bond donors (Lipinski definition) is 0. The molecule has 0 aromatic heterocycles. The average Bonchev–Trinajstić information content (AvgIpc) is 3.33. The lowest BCUT2D eigenvalue weighted by Gasteiger charge is -2.58. The second-order valence-corrected chi connectivity index (χ2v) is 13.4. The van der Waals surface area contributed by atoms with Crippen LogP contribution in [0.1, 0.15) is 70.8 Å². The van der Waals surface area contributed by atoms with Crippen molar-refractivity contribution in [2.24, 2.45) is 34.5 Å². The number of likely N-dealkylation sites (N-methyl/N-ethyl adjacent to an activating group) is 1. The molecule has 0 bridgehead atoms. The number of ether oxygens (including phenoxy) is 1. The fourth-order valence-electron chi connectivity index (χ4n) is 9.94. The summed E-state index contributed by atoms with van der Waals surface area (Å²) in [5.41, 5.74) is 4.19. The van der Waals surface area contributed by atoms with Crippen LogP contribution in [0.15, 0.2) is 35.9 Å². The first-order chi connectivity index (χ1) is 16.8. The van der Waals surface area contributed by atoms with Gasteiger partial charge >= 0.3 is 0 Å². The highest BCUT2D eigenvalue weighted by Gasteiger charge is 2.63. The molecule has 3 saturated carbocycles. The van der Waals surface area contributed by atoms with Gasteiger partial charge in [-0.3, -0.25) is 4.90 Å². The van der Waals surface area contributed by atoms with Crippen LogP contribution in [0.3, 0.4) is 0 Å². The van der Waals surface area contributed by atoms with Crippen molar-refractivity contribution in [2.75, 3.05) is 33.8 Å². The van der Waals surface area contributed by atoms with E-state index in [2.05, 4.69) is 75.0 Å². The largest absolute Gasteiger partial charge is 0.492 e. The van der Waals surface area contributed by atoms with Crippen LogP contribution in [-0.2, 0) is 0 Å². The number of nitrogens with zero attached hydrogens (tertiary/aromatic N) is 2. The maximum Gasteiger partial charge on any atom is 0.119 e. The van der Waals surface area contributed by atoms with Crippen LogP contribution in [0.4, 0.5) is 0 Å². The third-order valence-electron chi connectivity index (χ3n) is 12.0. The number of likely N-dealkylation sites (tertiary alicyclic amines) is 1. The fourth-order valence-corrected chi connectivity index (χ4v) is 9.94. The van der Waals surface area contributed by atoms with E-state index < -0.39 is 0 Å². The maximum absolute atomic E-state index is 6.05. The molecule has 3 nitrogen and oxygen atoms in total. The van der Waals surface area contributed by atoms with E-state index in [0.717, 1.165) is 48.6 Å². The highest BCUT2D eigenvalue weighted by Crippen LogP contribution is 2.68. The van der Waals surface area contributed by atoms with Crippen molar-refractivity contribution in [2.45, 2.75) is 84.2 Å². The molecule has 0 amide bonds. The van der Waals surface area contributed by atoms with Crippen LogP contribution in [-0.4, -0.2) is 55.7 Å². The molecule has 1 aromatic rings. The van der Waals surface area contributed by atoms with E-state index in [4.69, 9.17) is 4.74 Å². The predicted octanol–water partition coefficient (Wildman–Crippen LogP) is 6.57. The number of hydrogen-bond acceptors (Lipinski definition) is 3. The first-order valence-electron chi connectivity index (χ1n) is 14.6. The maximum atomic E-state index is 6.05. The van der Waals surface area contributed by atoms with Crippen LogP contribution in [0.25, 0.3) is 0 Å². The zero-order chi connectivity index (χ0) is 24.4. The summed E-state index contributed by atoms with van der Waals surface area (Å²) in [7, 11) is 4.71. The smallest absolute Gasteiger partial charge is 0.119 e. The van der Waals surface area contributed by atoms with E-state index in [1.165, 1.54) is 63.5 Å². The molecule has 3 heteroatoms. The molecule has 6 rings (SSSR count). The molecule has 0 radical (unpaired) electrons. The summed E-state index contributed by atoms with van der Waals surface area (Å²) in [5, 5.41) is 0. The van der Waals surface area contributed by atoms with Crippen molar-refractivity contribution < 1.29 is 4.74 Å². The van der Waals surface area contributed by atoms with Crippen LogP contribution >= 0.6 is 0 Å². The molecule has 1 aromatic carbocycles. The van der Waals surface area contributed by atoms with Gasteiger partial charge in [0.05, 0.1) is 0 Å². The van der Waals surface area contributed by atoms with Crippen molar-refractivity contribution in [3.05, 3.63) is 41.5 Å². The van der Waals surface area contributed by atoms with Gasteiger partial charge in [-0.1, -0.05) is 36.3 Å². The summed E-state index contributed by atoms with van der Waals surface area (Å²) >= 11 is 0. The Morgan fingerprint density at radius 2 is 1.80 bits per heavy atom. The number of benzene rings is 1. The lowest BCUT2D eigenvalue weighted by molar-refractivity contribution is -0.0439. The van der Waals surface area contributed by atoms with Crippen LogP contribution in [0.2, 0.25) is 0 Å². The average molecular weight is 477 g/mol. The summed E-state index contributed by atoms with van der Waals surface area (Å²) in [6.07, 6.45) is 14.1. The molecule has 1 aliphatic heterocycles. The molecule has 1 spiro atoms. The Kier molecular flexibility index (Phi) is 6.12. The molecule has 1 saturated heterocycles. The molecular formula is C32H48N2O. The van der Waals surface area contributed by atoms with E-state index in [9.17, 15) is 0 Å². The highest BCUT2D eigenvalue weighted by molar-refractivity contribution is 5.28. The first kappa shape index (κ1) is 24.0. The van der Waals surface area contributed by atoms with Crippen molar-refractivity contribution in [3.63, 3.8) is 0 Å². The zero-order valence-electron chi connectivity index (χ0n) is 22.9. The predicted molar refractivity (Wildman–Crippen MR) is 145 cm³/mol. The minimum absolute atomic E-state index is 0.453. The van der Waals surface area contributed by atoms with Gasteiger partial charge in [0, 0.05) is 25.2 Å². The minimum Gasteiger partial charge on any atom is -0.492 e. The van der Waals surface area contributed by atoms with Gasteiger partial charge in [-0.05, 0) is 126 Å². The second-order valence-electron chi connectivity index (χ2n) is 13.4. The van der Waals surface area contributed by atoms with Gasteiger partial charge in [0.25, 0.3) is 0 Å². The molecule has 0 N–H and O–H groups in total. The molecular weight excluding hydrogens is 428 g/mol. The monoisotopic (exact) mass is 476 g/mol. The summed E-state index contributed by atoms with van der Waals surface area (Å²) in [4.78, 5) is 5.28. The normalized spacial score (nSPS) is 42.7. The molecule has 1 heterocycles. The second kappa shape index (κ2) is 8.91. The molecule has 5 aliphatic rings. The minimum atomic E-state index is 0.453. The van der Waals surface area contributed by atoms with Gasteiger partial charge in [0.1, 0.15) is 12.4 Å². The van der Waals surface area contributed by atoms with Gasteiger partial charge in [0.2, 0.25) is 0 Å². The summed E-state index contributed by atoms with van der Waals surface area (Å²) < 4.78 is 6.05. The lowest BCUT2D eigenvalue weighted by Crippen LogP contribution is -2.52. The van der Waals surface area contributed by atoms with E-state index in [-0.39, 0.29) is 0 Å². The van der Waals surface area contributed by atoms with Crippen LogP contribution in [0, 0.1) is 41.4 Å². The summed E-state index contributed by atoms with van der Waals surface area (Å²) in [6.45, 7) is 10.5. The van der Waals surface area contributed by atoms with E-state index in [1.54, 1.807) is 0 Å². The lowest BCUT2D eigenvalue weighted by atomic mass is 9.47. The third-order valence-corrected chi connectivity index (χ3v) is 12.0. The Hall–Kier alpha value is -1.32. The van der Waals surface area contributed by atoms with Crippen LogP contribution in [0.5, 0.6) is 5.75 Å². The SMILES string of the molecule is Cc1ccc(OCCN(C)[C@H]2CC[C@@]3(C)C(=CC[C@H]4[C@@H]5CC[C@@H]6[C@H](C)N(C)C[C@@]65CC[C@@H]43)C2)cc1. The van der Waals surface area contributed by atoms with Crippen molar-refractivity contribution in [1.82, 2.24) is 9.80 Å². The zero-order valence-corrected chi connectivity index (χ0v) is 22.9. The first-order valence-corrected chi connectivity index (χ1v) is 14.6. The van der Waals surface area contributed by atoms with E-state index >= 15 is 0 Å². The van der Waals surface area contributed by atoms with Crippen molar-refractivity contribution in [3.8, 4) is 5.75 Å².